The first-order valence-corrected chi connectivity index (χ1v) is 11.0. The molecule has 4 heterocycles. The fraction of sp³-hybridized carbons (Fsp3) is 0.478. The molecule has 1 amide bonds. The summed E-state index contributed by atoms with van der Waals surface area (Å²) in [4.78, 5) is 15.2. The van der Waals surface area contributed by atoms with E-state index in [1.165, 1.54) is 0 Å². The number of anilines is 1. The summed E-state index contributed by atoms with van der Waals surface area (Å²) >= 11 is 0. The van der Waals surface area contributed by atoms with E-state index >= 15 is 0 Å². The third kappa shape index (κ3) is 2.65. The fourth-order valence-corrected chi connectivity index (χ4v) is 5.40. The summed E-state index contributed by atoms with van der Waals surface area (Å²) in [6, 6.07) is 5.83. The lowest BCUT2D eigenvalue weighted by atomic mass is 9.75. The molecule has 1 aliphatic heterocycles. The van der Waals surface area contributed by atoms with Crippen molar-refractivity contribution in [3.05, 3.63) is 36.9 Å². The molecular weight excluding hydrogens is 414 g/mol. The fourth-order valence-electron chi connectivity index (χ4n) is 5.40. The first-order valence-electron chi connectivity index (χ1n) is 11.0. The van der Waals surface area contributed by atoms with Gasteiger partial charge in [0.2, 0.25) is 5.91 Å². The molecule has 7 nitrogen and oxygen atoms in total. The first-order chi connectivity index (χ1) is 15.3. The van der Waals surface area contributed by atoms with E-state index in [4.69, 9.17) is 0 Å². The Morgan fingerprint density at radius 1 is 1.19 bits per heavy atom. The number of rotatable bonds is 4. The normalized spacial score (nSPS) is 27.6. The number of aromatic nitrogens is 4. The maximum atomic E-state index is 13.4. The van der Waals surface area contributed by atoms with Crippen LogP contribution < -0.4 is 4.90 Å². The van der Waals surface area contributed by atoms with Crippen LogP contribution in [0.4, 0.5) is 14.5 Å². The van der Waals surface area contributed by atoms with Gasteiger partial charge in [0.15, 0.2) is 0 Å². The van der Waals surface area contributed by atoms with Crippen molar-refractivity contribution in [1.82, 2.24) is 19.4 Å². The van der Waals surface area contributed by atoms with Gasteiger partial charge in [-0.3, -0.25) is 9.48 Å². The van der Waals surface area contributed by atoms with Crippen LogP contribution in [-0.2, 0) is 4.79 Å². The molecule has 0 bridgehead atoms. The van der Waals surface area contributed by atoms with Gasteiger partial charge in [-0.1, -0.05) is 6.92 Å². The molecule has 3 aliphatic rings. The molecule has 3 aromatic heterocycles. The van der Waals surface area contributed by atoms with Crippen LogP contribution in [0, 0.1) is 28.6 Å². The van der Waals surface area contributed by atoms with Crippen molar-refractivity contribution in [3.8, 4) is 17.2 Å². The molecular formula is C23H22F2N6O. The van der Waals surface area contributed by atoms with Gasteiger partial charge in [0.25, 0.3) is 5.92 Å². The minimum absolute atomic E-state index is 0.0472. The number of carbonyl (C=O) groups is 1. The molecule has 9 heteroatoms. The average Bonchev–Trinajstić information content (AvgIpc) is 3.22. The van der Waals surface area contributed by atoms with Gasteiger partial charge in [0.1, 0.15) is 5.41 Å². The van der Waals surface area contributed by atoms with Crippen molar-refractivity contribution >= 4 is 17.1 Å². The van der Waals surface area contributed by atoms with Crippen LogP contribution in [0.2, 0.25) is 0 Å². The van der Waals surface area contributed by atoms with Gasteiger partial charge in [0, 0.05) is 55.0 Å². The molecule has 0 unspecified atom stereocenters. The third-order valence-electron chi connectivity index (χ3n) is 7.39. The molecule has 164 valence electrons. The molecule has 0 radical (unpaired) electrons. The van der Waals surface area contributed by atoms with E-state index in [9.17, 15) is 18.8 Å². The second-order valence-corrected chi connectivity index (χ2v) is 9.47. The van der Waals surface area contributed by atoms with E-state index in [1.54, 1.807) is 32.7 Å². The van der Waals surface area contributed by atoms with Crippen molar-refractivity contribution in [3.63, 3.8) is 0 Å². The standard InChI is InChI=1S/C23H22F2N6O/c1-14-10-29(21(32)23(14,13-26)17-2-3-17)19-4-5-27-31-11-15(6-20(19)31)16-9-28-30(12-16)18-7-22(24,25)8-18/h4-6,9,11-12,14,17-18H,2-3,7-8,10H2,1H3/t14-,23+/m1/s1. The van der Waals surface area contributed by atoms with Gasteiger partial charge in [-0.2, -0.15) is 15.5 Å². The minimum atomic E-state index is -2.60. The molecule has 3 fully saturated rings. The summed E-state index contributed by atoms with van der Waals surface area (Å²) in [5.74, 6) is -2.62. The van der Waals surface area contributed by atoms with E-state index in [1.807, 2.05) is 25.3 Å². The molecule has 6 rings (SSSR count). The molecule has 0 N–H and O–H groups in total. The van der Waals surface area contributed by atoms with Crippen molar-refractivity contribution in [2.45, 2.75) is 44.6 Å². The number of halogens is 2. The second-order valence-electron chi connectivity index (χ2n) is 9.47. The molecule has 0 spiro atoms. The van der Waals surface area contributed by atoms with Gasteiger partial charge in [0.05, 0.1) is 29.5 Å². The van der Waals surface area contributed by atoms with Gasteiger partial charge in [-0.05, 0) is 30.9 Å². The SMILES string of the molecule is C[C@@H]1CN(c2ccnn3cc(-c4cnn(C5CC(F)(F)C5)c4)cc23)C(=O)[C@]1(C#N)C1CC1. The Labute approximate surface area is 183 Å². The van der Waals surface area contributed by atoms with E-state index in [2.05, 4.69) is 16.3 Å². The number of nitrogens with zero attached hydrogens (tertiary/aromatic N) is 6. The highest BCUT2D eigenvalue weighted by Crippen LogP contribution is 2.54. The van der Waals surface area contributed by atoms with Crippen LogP contribution in [0.15, 0.2) is 36.9 Å². The summed E-state index contributed by atoms with van der Waals surface area (Å²) in [6.45, 7) is 2.48. The second kappa shape index (κ2) is 6.37. The zero-order valence-electron chi connectivity index (χ0n) is 17.6. The zero-order valence-corrected chi connectivity index (χ0v) is 17.6. The molecule has 2 saturated carbocycles. The molecule has 0 aromatic carbocycles. The largest absolute Gasteiger partial charge is 0.309 e. The maximum absolute atomic E-state index is 13.4. The number of nitriles is 1. The quantitative estimate of drug-likeness (QED) is 0.618. The van der Waals surface area contributed by atoms with Crippen LogP contribution in [0.5, 0.6) is 0 Å². The lowest BCUT2D eigenvalue weighted by Crippen LogP contribution is -2.37. The Kier molecular flexibility index (Phi) is 3.87. The summed E-state index contributed by atoms with van der Waals surface area (Å²) in [7, 11) is 0. The van der Waals surface area contributed by atoms with Crippen LogP contribution >= 0.6 is 0 Å². The van der Waals surface area contributed by atoms with E-state index in [-0.39, 0.29) is 36.6 Å². The van der Waals surface area contributed by atoms with Crippen LogP contribution in [0.1, 0.15) is 38.6 Å². The van der Waals surface area contributed by atoms with E-state index in [0.29, 0.717) is 6.54 Å². The molecule has 3 aromatic rings. The zero-order chi connectivity index (χ0) is 22.3. The molecule has 32 heavy (non-hydrogen) atoms. The van der Waals surface area contributed by atoms with Crippen LogP contribution in [0.3, 0.4) is 0 Å². The Balaban J connectivity index is 1.34. The molecule has 2 atom stereocenters. The summed E-state index contributed by atoms with van der Waals surface area (Å²) in [6.07, 6.45) is 8.42. The van der Waals surface area contributed by atoms with Crippen LogP contribution in [-0.4, -0.2) is 37.8 Å². The highest BCUT2D eigenvalue weighted by atomic mass is 19.3. The smallest absolute Gasteiger partial charge is 0.252 e. The Morgan fingerprint density at radius 2 is 1.97 bits per heavy atom. The summed E-state index contributed by atoms with van der Waals surface area (Å²) in [5, 5.41) is 18.6. The number of hydrogen-bond donors (Lipinski definition) is 0. The van der Waals surface area contributed by atoms with E-state index in [0.717, 1.165) is 35.2 Å². The predicted octanol–water partition coefficient (Wildman–Crippen LogP) is 4.07. The lowest BCUT2D eigenvalue weighted by molar-refractivity contribution is -0.124. The number of hydrogen-bond acceptors (Lipinski definition) is 4. The minimum Gasteiger partial charge on any atom is -0.309 e. The number of fused-ring (bicyclic) bond motifs is 1. The van der Waals surface area contributed by atoms with Gasteiger partial charge >= 0.3 is 0 Å². The summed E-state index contributed by atoms with van der Waals surface area (Å²) in [5.41, 5.74) is 2.20. The van der Waals surface area contributed by atoms with Gasteiger partial charge in [-0.15, -0.1) is 0 Å². The maximum Gasteiger partial charge on any atom is 0.252 e. The van der Waals surface area contributed by atoms with Crippen molar-refractivity contribution in [1.29, 1.82) is 5.26 Å². The van der Waals surface area contributed by atoms with E-state index < -0.39 is 11.3 Å². The Morgan fingerprint density at radius 3 is 2.66 bits per heavy atom. The first kappa shape index (κ1) is 19.4. The third-order valence-corrected chi connectivity index (χ3v) is 7.39. The Hall–Kier alpha value is -3.28. The van der Waals surface area contributed by atoms with Gasteiger partial charge < -0.3 is 4.90 Å². The molecule has 1 saturated heterocycles. The van der Waals surface area contributed by atoms with Gasteiger partial charge in [-0.25, -0.2) is 13.3 Å². The predicted molar refractivity (Wildman–Crippen MR) is 112 cm³/mol. The van der Waals surface area contributed by atoms with Crippen molar-refractivity contribution in [2.24, 2.45) is 17.3 Å². The van der Waals surface area contributed by atoms with Crippen molar-refractivity contribution in [2.75, 3.05) is 11.4 Å². The van der Waals surface area contributed by atoms with Crippen molar-refractivity contribution < 1.29 is 13.6 Å². The summed E-state index contributed by atoms with van der Waals surface area (Å²) < 4.78 is 29.8. The highest BCUT2D eigenvalue weighted by molar-refractivity contribution is 6.05. The highest BCUT2D eigenvalue weighted by Gasteiger charge is 2.61. The number of alkyl halides is 2. The average molecular weight is 436 g/mol. The number of carbonyl (C=O) groups excluding carboxylic acids is 1. The number of amides is 1. The Bertz CT molecular complexity index is 1280. The topological polar surface area (TPSA) is 79.2 Å². The molecule has 2 aliphatic carbocycles. The monoisotopic (exact) mass is 436 g/mol. The van der Waals surface area contributed by atoms with Crippen LogP contribution in [0.25, 0.3) is 16.6 Å². The lowest BCUT2D eigenvalue weighted by Gasteiger charge is -2.34.